The summed E-state index contributed by atoms with van der Waals surface area (Å²) in [5, 5.41) is 7.96. The quantitative estimate of drug-likeness (QED) is 0.127. The molecule has 3 atom stereocenters. The highest BCUT2D eigenvalue weighted by molar-refractivity contribution is 5.87. The minimum absolute atomic E-state index is 0.0690. The SMILES string of the molecule is CC(C)(C)OC(=O)CCC(NC(=O)NC(CCCCNC(=O)C(N)Cc1ccccc1)C(=O)OC(C)(C)C)C(=O)OC(C)(C)C. The molecular formula is C33H54N4O8. The van der Waals surface area contributed by atoms with E-state index >= 15 is 0 Å². The third kappa shape index (κ3) is 18.7. The van der Waals surface area contributed by atoms with E-state index in [0.29, 0.717) is 25.8 Å². The molecule has 0 bridgehead atoms. The average Bonchev–Trinajstić information content (AvgIpc) is 2.87. The maximum atomic E-state index is 13.1. The highest BCUT2D eigenvalue weighted by Crippen LogP contribution is 2.15. The molecule has 0 aliphatic carbocycles. The Morgan fingerprint density at radius 1 is 0.711 bits per heavy atom. The number of hydrogen-bond acceptors (Lipinski definition) is 9. The lowest BCUT2D eigenvalue weighted by Gasteiger charge is -2.27. The van der Waals surface area contributed by atoms with Crippen LogP contribution in [0, 0.1) is 0 Å². The molecule has 0 radical (unpaired) electrons. The van der Waals surface area contributed by atoms with Crippen molar-refractivity contribution < 1.29 is 38.2 Å². The molecule has 1 aromatic carbocycles. The predicted octanol–water partition coefficient (Wildman–Crippen LogP) is 3.68. The molecule has 254 valence electrons. The van der Waals surface area contributed by atoms with Crippen molar-refractivity contribution in [2.45, 2.75) is 136 Å². The summed E-state index contributed by atoms with van der Waals surface area (Å²) >= 11 is 0. The Morgan fingerprint density at radius 2 is 1.20 bits per heavy atom. The first-order chi connectivity index (χ1) is 20.6. The van der Waals surface area contributed by atoms with Crippen LogP contribution in [0.2, 0.25) is 0 Å². The fourth-order valence-corrected chi connectivity index (χ4v) is 4.03. The van der Waals surface area contributed by atoms with Crippen LogP contribution in [0.1, 0.15) is 100.0 Å². The van der Waals surface area contributed by atoms with Gasteiger partial charge in [0.1, 0.15) is 28.9 Å². The second-order valence-electron chi connectivity index (χ2n) is 14.0. The fourth-order valence-electron chi connectivity index (χ4n) is 4.03. The van der Waals surface area contributed by atoms with Crippen LogP contribution in [0.3, 0.4) is 0 Å². The smallest absolute Gasteiger partial charge is 0.329 e. The molecule has 3 unspecified atom stereocenters. The predicted molar refractivity (Wildman–Crippen MR) is 171 cm³/mol. The van der Waals surface area contributed by atoms with Crippen LogP contribution >= 0.6 is 0 Å². The molecule has 1 aromatic rings. The zero-order chi connectivity index (χ0) is 34.4. The van der Waals surface area contributed by atoms with Gasteiger partial charge in [0.05, 0.1) is 6.04 Å². The normalized spacial score (nSPS) is 13.9. The summed E-state index contributed by atoms with van der Waals surface area (Å²) in [6.45, 7) is 15.7. The number of esters is 3. The van der Waals surface area contributed by atoms with Crippen LogP contribution in [0.15, 0.2) is 30.3 Å². The molecule has 0 fully saturated rings. The van der Waals surface area contributed by atoms with Gasteiger partial charge in [-0.2, -0.15) is 0 Å². The Hall–Kier alpha value is -3.67. The first-order valence-electron chi connectivity index (χ1n) is 15.5. The fraction of sp³-hybridized carbons (Fsp3) is 0.667. The molecule has 3 amide bonds. The van der Waals surface area contributed by atoms with Gasteiger partial charge in [-0.25, -0.2) is 14.4 Å². The molecule has 45 heavy (non-hydrogen) atoms. The van der Waals surface area contributed by atoms with E-state index in [2.05, 4.69) is 16.0 Å². The van der Waals surface area contributed by atoms with E-state index in [-0.39, 0.29) is 25.2 Å². The summed E-state index contributed by atoms with van der Waals surface area (Å²) < 4.78 is 16.3. The molecule has 0 heterocycles. The van der Waals surface area contributed by atoms with E-state index in [1.807, 2.05) is 30.3 Å². The largest absolute Gasteiger partial charge is 0.460 e. The molecule has 12 heteroatoms. The lowest BCUT2D eigenvalue weighted by Crippen LogP contribution is -2.53. The van der Waals surface area contributed by atoms with Crippen molar-refractivity contribution in [3.63, 3.8) is 0 Å². The molecule has 0 saturated heterocycles. The lowest BCUT2D eigenvalue weighted by molar-refractivity contribution is -0.159. The van der Waals surface area contributed by atoms with Gasteiger partial charge in [0.25, 0.3) is 0 Å². The summed E-state index contributed by atoms with van der Waals surface area (Å²) in [6, 6.07) is 5.77. The summed E-state index contributed by atoms with van der Waals surface area (Å²) in [6.07, 6.45) is 1.39. The molecule has 5 N–H and O–H groups in total. The van der Waals surface area contributed by atoms with Gasteiger partial charge in [-0.3, -0.25) is 9.59 Å². The highest BCUT2D eigenvalue weighted by Gasteiger charge is 2.31. The monoisotopic (exact) mass is 634 g/mol. The van der Waals surface area contributed by atoms with Crippen molar-refractivity contribution in [2.75, 3.05) is 6.54 Å². The van der Waals surface area contributed by atoms with Gasteiger partial charge in [-0.1, -0.05) is 30.3 Å². The Morgan fingerprint density at radius 3 is 1.69 bits per heavy atom. The number of amides is 3. The average molecular weight is 635 g/mol. The second kappa shape index (κ2) is 17.7. The number of carbonyl (C=O) groups excluding carboxylic acids is 5. The molecule has 0 aliphatic heterocycles. The Bertz CT molecular complexity index is 1120. The second-order valence-corrected chi connectivity index (χ2v) is 14.0. The molecule has 0 aliphatic rings. The number of nitrogens with two attached hydrogens (primary N) is 1. The number of unbranched alkanes of at least 4 members (excludes halogenated alkanes) is 1. The number of carbonyl (C=O) groups is 5. The van der Waals surface area contributed by atoms with Gasteiger partial charge in [0.2, 0.25) is 5.91 Å². The van der Waals surface area contributed by atoms with Crippen molar-refractivity contribution in [1.82, 2.24) is 16.0 Å². The van der Waals surface area contributed by atoms with Crippen LogP contribution in [0.5, 0.6) is 0 Å². The summed E-state index contributed by atoms with van der Waals surface area (Å²) in [7, 11) is 0. The van der Waals surface area contributed by atoms with Gasteiger partial charge in [-0.15, -0.1) is 0 Å². The standard InChI is InChI=1S/C33H54N4O8/c1-31(2,3)43-26(38)19-18-25(29(41)45-33(7,8)9)37-30(42)36-24(28(40)44-32(4,5)6)17-13-14-20-35-27(39)23(34)21-22-15-11-10-12-16-22/h10-12,15-16,23-25H,13-14,17-21,34H2,1-9H3,(H,35,39)(H2,36,37,42). The lowest BCUT2D eigenvalue weighted by atomic mass is 10.1. The number of urea groups is 1. The van der Waals surface area contributed by atoms with E-state index in [1.54, 1.807) is 62.3 Å². The van der Waals surface area contributed by atoms with Crippen molar-refractivity contribution in [3.05, 3.63) is 35.9 Å². The van der Waals surface area contributed by atoms with E-state index in [1.165, 1.54) is 0 Å². The molecular weight excluding hydrogens is 580 g/mol. The van der Waals surface area contributed by atoms with E-state index in [0.717, 1.165) is 5.56 Å². The molecule has 12 nitrogen and oxygen atoms in total. The molecule has 0 spiro atoms. The first kappa shape index (κ1) is 39.4. The topological polar surface area (TPSA) is 175 Å². The van der Waals surface area contributed by atoms with Crippen molar-refractivity contribution in [2.24, 2.45) is 5.73 Å². The summed E-state index contributed by atoms with van der Waals surface area (Å²) in [4.78, 5) is 63.6. The van der Waals surface area contributed by atoms with Crippen LogP contribution in [-0.4, -0.2) is 71.3 Å². The maximum Gasteiger partial charge on any atom is 0.329 e. The van der Waals surface area contributed by atoms with Gasteiger partial charge in [-0.05, 0) is 100.0 Å². The number of nitrogens with one attached hydrogen (secondary N) is 3. The van der Waals surface area contributed by atoms with E-state index in [9.17, 15) is 24.0 Å². The molecule has 0 saturated carbocycles. The van der Waals surface area contributed by atoms with Crippen LogP contribution in [0.4, 0.5) is 4.79 Å². The van der Waals surface area contributed by atoms with Gasteiger partial charge in [0, 0.05) is 13.0 Å². The zero-order valence-corrected chi connectivity index (χ0v) is 28.4. The summed E-state index contributed by atoms with van der Waals surface area (Å²) in [5.41, 5.74) is 4.66. The first-order valence-corrected chi connectivity index (χ1v) is 15.5. The number of benzene rings is 1. The van der Waals surface area contributed by atoms with Crippen molar-refractivity contribution in [3.8, 4) is 0 Å². The molecule has 0 aromatic heterocycles. The maximum absolute atomic E-state index is 13.1. The van der Waals surface area contributed by atoms with Crippen molar-refractivity contribution >= 4 is 29.8 Å². The zero-order valence-electron chi connectivity index (χ0n) is 28.4. The van der Waals surface area contributed by atoms with Gasteiger partial charge >= 0.3 is 23.9 Å². The summed E-state index contributed by atoms with van der Waals surface area (Å²) in [5.74, 6) is -2.18. The minimum Gasteiger partial charge on any atom is -0.460 e. The van der Waals surface area contributed by atoms with Gasteiger partial charge < -0.3 is 35.9 Å². The number of hydrogen-bond donors (Lipinski definition) is 4. The van der Waals surface area contributed by atoms with Crippen LogP contribution in [0.25, 0.3) is 0 Å². The Labute approximate surface area is 267 Å². The Balaban J connectivity index is 2.81. The van der Waals surface area contributed by atoms with Crippen molar-refractivity contribution in [1.29, 1.82) is 0 Å². The minimum atomic E-state index is -1.17. The number of rotatable bonds is 15. The number of ether oxygens (including phenoxy) is 3. The highest BCUT2D eigenvalue weighted by atomic mass is 16.6. The third-order valence-corrected chi connectivity index (χ3v) is 5.90. The van der Waals surface area contributed by atoms with Crippen LogP contribution in [-0.2, 0) is 39.8 Å². The molecule has 1 rings (SSSR count). The Kier molecular flexibility index (Phi) is 15.5. The van der Waals surface area contributed by atoms with Gasteiger partial charge in [0.15, 0.2) is 0 Å². The third-order valence-electron chi connectivity index (χ3n) is 5.90. The van der Waals surface area contributed by atoms with E-state index in [4.69, 9.17) is 19.9 Å². The van der Waals surface area contributed by atoms with Crippen LogP contribution < -0.4 is 21.7 Å². The van der Waals surface area contributed by atoms with E-state index < -0.39 is 58.9 Å².